The molecule has 3 heterocycles. The Labute approximate surface area is 132 Å². The molecule has 114 valence electrons. The van der Waals surface area contributed by atoms with Gasteiger partial charge in [0.1, 0.15) is 11.3 Å². The van der Waals surface area contributed by atoms with E-state index < -0.39 is 0 Å². The average molecular weight is 318 g/mol. The maximum Gasteiger partial charge on any atom is 0.276 e. The Balaban J connectivity index is 1.90. The fourth-order valence-corrected chi connectivity index (χ4v) is 2.28. The molecule has 3 N–H and O–H groups in total. The summed E-state index contributed by atoms with van der Waals surface area (Å²) in [4.78, 5) is 23.5. The molecule has 0 saturated heterocycles. The summed E-state index contributed by atoms with van der Waals surface area (Å²) in [5.41, 5.74) is 1.90. The van der Waals surface area contributed by atoms with E-state index in [9.17, 15) is 4.79 Å². The first-order valence-corrected chi connectivity index (χ1v) is 7.39. The van der Waals surface area contributed by atoms with Gasteiger partial charge in [-0.05, 0) is 18.1 Å². The molecule has 0 saturated carbocycles. The molecule has 0 bridgehead atoms. The van der Waals surface area contributed by atoms with Crippen molar-refractivity contribution in [1.82, 2.24) is 20.6 Å². The summed E-state index contributed by atoms with van der Waals surface area (Å²) in [5, 5.41) is 7.21. The molecule has 7 heteroatoms. The molecule has 1 amide bonds. The van der Waals surface area contributed by atoms with Crippen LogP contribution < -0.4 is 10.6 Å². The van der Waals surface area contributed by atoms with E-state index in [0.717, 1.165) is 23.1 Å². The van der Waals surface area contributed by atoms with Gasteiger partial charge in [0.15, 0.2) is 0 Å². The molecule has 0 aromatic carbocycles. The van der Waals surface area contributed by atoms with E-state index in [1.165, 1.54) is 0 Å². The van der Waals surface area contributed by atoms with E-state index in [1.807, 2.05) is 0 Å². The van der Waals surface area contributed by atoms with E-state index in [0.29, 0.717) is 22.6 Å². The zero-order chi connectivity index (χ0) is 15.7. The number of guanidine groups is 1. The summed E-state index contributed by atoms with van der Waals surface area (Å²) < 4.78 is 0. The third-order valence-corrected chi connectivity index (χ3v) is 3.40. The number of carbonyl (C=O) groups is 1. The molecule has 0 radical (unpaired) electrons. The molecule has 2 aromatic rings. The lowest BCUT2D eigenvalue weighted by Crippen LogP contribution is -2.37. The number of rotatable bonds is 3. The predicted octanol–water partition coefficient (Wildman–Crippen LogP) is 2.29. The van der Waals surface area contributed by atoms with Gasteiger partial charge in [-0.2, -0.15) is 0 Å². The van der Waals surface area contributed by atoms with Crippen LogP contribution in [0.4, 0.5) is 0 Å². The van der Waals surface area contributed by atoms with Crippen molar-refractivity contribution in [2.24, 2.45) is 10.9 Å². The zero-order valence-corrected chi connectivity index (χ0v) is 13.0. The van der Waals surface area contributed by atoms with E-state index >= 15 is 0 Å². The number of hydrogen-bond donors (Lipinski definition) is 3. The third kappa shape index (κ3) is 2.96. The first-order chi connectivity index (χ1) is 10.5. The fourth-order valence-electron chi connectivity index (χ4n) is 2.12. The quantitative estimate of drug-likeness (QED) is 0.760. The van der Waals surface area contributed by atoms with Crippen molar-refractivity contribution >= 4 is 40.6 Å². The Morgan fingerprint density at radius 2 is 2.27 bits per heavy atom. The number of H-pyrrole nitrogens is 1. The number of pyridine rings is 1. The summed E-state index contributed by atoms with van der Waals surface area (Å²) in [5.74, 6) is 0.728. The Hall–Kier alpha value is -2.34. The van der Waals surface area contributed by atoms with Crippen LogP contribution in [-0.2, 0) is 4.79 Å². The maximum absolute atomic E-state index is 12.0. The van der Waals surface area contributed by atoms with Crippen molar-refractivity contribution in [2.45, 2.75) is 13.8 Å². The lowest BCUT2D eigenvalue weighted by molar-refractivity contribution is -0.115. The third-order valence-electron chi connectivity index (χ3n) is 3.20. The van der Waals surface area contributed by atoms with Gasteiger partial charge in [0, 0.05) is 29.9 Å². The van der Waals surface area contributed by atoms with Crippen molar-refractivity contribution in [1.29, 1.82) is 0 Å². The van der Waals surface area contributed by atoms with Crippen LogP contribution in [0, 0.1) is 5.92 Å². The minimum atomic E-state index is -0.226. The van der Waals surface area contributed by atoms with Gasteiger partial charge in [-0.3, -0.25) is 10.1 Å². The molecular formula is C15H16ClN5O. The number of amides is 1. The number of carbonyl (C=O) groups excluding carboxylic acids is 1. The Bertz CT molecular complexity index is 790. The van der Waals surface area contributed by atoms with Gasteiger partial charge in [-0.15, -0.1) is 0 Å². The van der Waals surface area contributed by atoms with Gasteiger partial charge < -0.3 is 10.3 Å². The van der Waals surface area contributed by atoms with Crippen molar-refractivity contribution in [3.05, 3.63) is 34.7 Å². The van der Waals surface area contributed by atoms with Crippen LogP contribution in [0.5, 0.6) is 0 Å². The molecular weight excluding hydrogens is 302 g/mol. The summed E-state index contributed by atoms with van der Waals surface area (Å²) in [6, 6.07) is 1.81. The number of fused-ring (bicyclic) bond motifs is 1. The van der Waals surface area contributed by atoms with Crippen molar-refractivity contribution in [3.63, 3.8) is 0 Å². The molecule has 0 spiro atoms. The van der Waals surface area contributed by atoms with Gasteiger partial charge >= 0.3 is 0 Å². The van der Waals surface area contributed by atoms with E-state index in [1.54, 1.807) is 24.5 Å². The second kappa shape index (κ2) is 5.81. The normalized spacial score (nSPS) is 16.5. The summed E-state index contributed by atoms with van der Waals surface area (Å²) in [6.07, 6.45) is 5.07. The zero-order valence-electron chi connectivity index (χ0n) is 12.3. The second-order valence-electron chi connectivity index (χ2n) is 5.51. The maximum atomic E-state index is 12.0. The SMILES string of the molecule is CC(C)CNC1=NC(=Cc2c[nH]c3ncc(Cl)cc23)C(=O)N1. The molecule has 22 heavy (non-hydrogen) atoms. The van der Waals surface area contributed by atoms with Gasteiger partial charge in [-0.25, -0.2) is 9.98 Å². The van der Waals surface area contributed by atoms with Crippen molar-refractivity contribution in [3.8, 4) is 0 Å². The van der Waals surface area contributed by atoms with Crippen LogP contribution in [0.25, 0.3) is 17.1 Å². The highest BCUT2D eigenvalue weighted by atomic mass is 35.5. The van der Waals surface area contributed by atoms with Crippen LogP contribution in [-0.4, -0.2) is 28.4 Å². The largest absolute Gasteiger partial charge is 0.355 e. The molecule has 1 aliphatic rings. The van der Waals surface area contributed by atoms with Crippen LogP contribution >= 0.6 is 11.6 Å². The van der Waals surface area contributed by atoms with Crippen LogP contribution in [0.3, 0.4) is 0 Å². The van der Waals surface area contributed by atoms with E-state index in [2.05, 4.69) is 39.4 Å². The Kier molecular flexibility index (Phi) is 3.85. The standard InChI is InChI=1S/C15H16ClN5O/c1-8(2)5-19-15-20-12(14(22)21-15)3-9-6-17-13-11(9)4-10(16)7-18-13/h3-4,6-8H,5H2,1-2H3,(H,17,18)(H2,19,20,21,22). The number of aromatic nitrogens is 2. The van der Waals surface area contributed by atoms with E-state index in [-0.39, 0.29) is 5.91 Å². The van der Waals surface area contributed by atoms with Crippen LogP contribution in [0.2, 0.25) is 5.02 Å². The number of nitrogens with one attached hydrogen (secondary N) is 3. The molecule has 0 atom stereocenters. The smallest absolute Gasteiger partial charge is 0.276 e. The number of halogens is 1. The molecule has 3 rings (SSSR count). The molecule has 0 fully saturated rings. The minimum absolute atomic E-state index is 0.226. The molecule has 0 aliphatic carbocycles. The monoisotopic (exact) mass is 317 g/mol. The van der Waals surface area contributed by atoms with Crippen LogP contribution in [0.15, 0.2) is 29.1 Å². The lowest BCUT2D eigenvalue weighted by Gasteiger charge is -2.06. The first kappa shape index (κ1) is 14.6. The van der Waals surface area contributed by atoms with Gasteiger partial charge in [-0.1, -0.05) is 25.4 Å². The number of aromatic amines is 1. The molecule has 1 aliphatic heterocycles. The van der Waals surface area contributed by atoms with Crippen LogP contribution in [0.1, 0.15) is 19.4 Å². The lowest BCUT2D eigenvalue weighted by atomic mass is 10.2. The topological polar surface area (TPSA) is 82.2 Å². The van der Waals surface area contributed by atoms with Gasteiger partial charge in [0.05, 0.1) is 5.02 Å². The number of aliphatic imine (C=N–C) groups is 1. The summed E-state index contributed by atoms with van der Waals surface area (Å²) in [7, 11) is 0. The van der Waals surface area contributed by atoms with E-state index in [4.69, 9.17) is 11.6 Å². The summed E-state index contributed by atoms with van der Waals surface area (Å²) in [6.45, 7) is 4.92. The van der Waals surface area contributed by atoms with Gasteiger partial charge in [0.25, 0.3) is 5.91 Å². The van der Waals surface area contributed by atoms with Crippen molar-refractivity contribution in [2.75, 3.05) is 6.54 Å². The predicted molar refractivity (Wildman–Crippen MR) is 87.5 cm³/mol. The first-order valence-electron chi connectivity index (χ1n) is 7.01. The molecule has 2 aromatic heterocycles. The molecule has 0 unspecified atom stereocenters. The Morgan fingerprint density at radius 1 is 1.45 bits per heavy atom. The molecule has 6 nitrogen and oxygen atoms in total. The summed E-state index contributed by atoms with van der Waals surface area (Å²) >= 11 is 5.97. The minimum Gasteiger partial charge on any atom is -0.355 e. The highest BCUT2D eigenvalue weighted by molar-refractivity contribution is 6.31. The van der Waals surface area contributed by atoms with Gasteiger partial charge in [0.2, 0.25) is 5.96 Å². The van der Waals surface area contributed by atoms with Crippen molar-refractivity contribution < 1.29 is 4.79 Å². The number of nitrogens with zero attached hydrogens (tertiary/aromatic N) is 2. The highest BCUT2D eigenvalue weighted by Crippen LogP contribution is 2.23. The highest BCUT2D eigenvalue weighted by Gasteiger charge is 2.20. The second-order valence-corrected chi connectivity index (χ2v) is 5.95. The average Bonchev–Trinajstić information content (AvgIpc) is 3.02. The Morgan fingerprint density at radius 3 is 3.05 bits per heavy atom. The number of hydrogen-bond acceptors (Lipinski definition) is 4. The fraction of sp³-hybridized carbons (Fsp3) is 0.267.